The highest BCUT2D eigenvalue weighted by atomic mass is 19.4. The summed E-state index contributed by atoms with van der Waals surface area (Å²) in [6.07, 6.45) is -4.35. The third kappa shape index (κ3) is 6.60. The van der Waals surface area contributed by atoms with Crippen LogP contribution in [0.15, 0.2) is 48.5 Å². The van der Waals surface area contributed by atoms with E-state index in [0.29, 0.717) is 38.3 Å². The van der Waals surface area contributed by atoms with Crippen LogP contribution < -0.4 is 0 Å². The quantitative estimate of drug-likeness (QED) is 0.489. The Hall–Kier alpha value is -2.38. The second-order valence-corrected chi connectivity index (χ2v) is 9.55. The molecule has 1 aliphatic heterocycles. The van der Waals surface area contributed by atoms with Gasteiger partial charge in [0.05, 0.1) is 12.2 Å². The third-order valence-electron chi connectivity index (χ3n) is 6.59. The molecule has 7 heteroatoms. The topological polar surface area (TPSA) is 32.8 Å². The van der Waals surface area contributed by atoms with E-state index in [1.807, 2.05) is 30.9 Å². The molecular formula is C27H35F3N2O2. The average Bonchev–Trinajstić information content (AvgIpc) is 3.17. The van der Waals surface area contributed by atoms with Gasteiger partial charge in [0.25, 0.3) is 0 Å². The molecule has 3 rings (SSSR count). The van der Waals surface area contributed by atoms with Crippen LogP contribution >= 0.6 is 0 Å². The number of carbonyl (C=O) groups is 1. The highest BCUT2D eigenvalue weighted by molar-refractivity contribution is 5.78. The molecule has 1 saturated heterocycles. The Kier molecular flexibility index (Phi) is 8.77. The van der Waals surface area contributed by atoms with E-state index >= 15 is 0 Å². The van der Waals surface area contributed by atoms with Crippen LogP contribution in [0, 0.1) is 18.8 Å². The number of ether oxygens (including phenoxy) is 1. The van der Waals surface area contributed by atoms with Gasteiger partial charge in [0.1, 0.15) is 0 Å². The van der Waals surface area contributed by atoms with Gasteiger partial charge < -0.3 is 9.64 Å². The Bertz CT molecular complexity index is 961. The number of alkyl halides is 3. The molecule has 1 fully saturated rings. The highest BCUT2D eigenvalue weighted by Crippen LogP contribution is 2.36. The predicted octanol–water partition coefficient (Wildman–Crippen LogP) is 5.36. The van der Waals surface area contributed by atoms with Gasteiger partial charge in [-0.2, -0.15) is 13.2 Å². The van der Waals surface area contributed by atoms with E-state index in [4.69, 9.17) is 4.74 Å². The Labute approximate surface area is 200 Å². The fourth-order valence-electron chi connectivity index (χ4n) is 4.88. The number of hydrogen-bond acceptors (Lipinski definition) is 3. The third-order valence-corrected chi connectivity index (χ3v) is 6.59. The molecule has 2 unspecified atom stereocenters. The predicted molar refractivity (Wildman–Crippen MR) is 127 cm³/mol. The molecule has 1 aliphatic rings. The van der Waals surface area contributed by atoms with E-state index < -0.39 is 11.7 Å². The standard InChI is InChI=1S/C27H35F3N2O2/c1-19(2)26(33)32(12-13-34-4)17-22-16-31(18-25(22)24-11-6-5-8-20(24)3)15-21-9-7-10-23(14-21)27(28,29)30/h5-11,14,19,22,25H,12-13,15-18H2,1-4H3. The fraction of sp³-hybridized carbons (Fsp3) is 0.519. The maximum atomic E-state index is 13.2. The van der Waals surface area contributed by atoms with Crippen LogP contribution in [0.25, 0.3) is 0 Å². The summed E-state index contributed by atoms with van der Waals surface area (Å²) in [7, 11) is 1.63. The Balaban J connectivity index is 1.84. The monoisotopic (exact) mass is 476 g/mol. The molecule has 1 heterocycles. The van der Waals surface area contributed by atoms with Gasteiger partial charge in [-0.3, -0.25) is 9.69 Å². The minimum absolute atomic E-state index is 0.0944. The fourth-order valence-corrected chi connectivity index (χ4v) is 4.88. The lowest BCUT2D eigenvalue weighted by atomic mass is 9.86. The minimum Gasteiger partial charge on any atom is -0.383 e. The van der Waals surface area contributed by atoms with E-state index in [2.05, 4.69) is 24.0 Å². The van der Waals surface area contributed by atoms with E-state index in [-0.39, 0.29) is 23.7 Å². The lowest BCUT2D eigenvalue weighted by Gasteiger charge is -2.30. The molecule has 34 heavy (non-hydrogen) atoms. The minimum atomic E-state index is -4.35. The molecule has 0 aliphatic carbocycles. The summed E-state index contributed by atoms with van der Waals surface area (Å²) in [6, 6.07) is 13.8. The van der Waals surface area contributed by atoms with Crippen LogP contribution in [-0.2, 0) is 22.3 Å². The number of methoxy groups -OCH3 is 1. The van der Waals surface area contributed by atoms with Crippen molar-refractivity contribution in [1.29, 1.82) is 0 Å². The summed E-state index contributed by atoms with van der Waals surface area (Å²) in [5.74, 6) is 0.344. The van der Waals surface area contributed by atoms with E-state index in [0.717, 1.165) is 12.6 Å². The largest absolute Gasteiger partial charge is 0.416 e. The zero-order valence-corrected chi connectivity index (χ0v) is 20.4. The van der Waals surface area contributed by atoms with Crippen molar-refractivity contribution in [3.63, 3.8) is 0 Å². The first-order valence-electron chi connectivity index (χ1n) is 11.8. The first-order valence-corrected chi connectivity index (χ1v) is 11.8. The molecule has 0 N–H and O–H groups in total. The molecule has 0 aromatic heterocycles. The summed E-state index contributed by atoms with van der Waals surface area (Å²) >= 11 is 0. The van der Waals surface area contributed by atoms with Crippen LogP contribution in [0.4, 0.5) is 13.2 Å². The van der Waals surface area contributed by atoms with Crippen molar-refractivity contribution in [3.05, 3.63) is 70.8 Å². The molecule has 4 nitrogen and oxygen atoms in total. The van der Waals surface area contributed by atoms with Gasteiger partial charge in [-0.25, -0.2) is 0 Å². The van der Waals surface area contributed by atoms with Crippen molar-refractivity contribution >= 4 is 5.91 Å². The van der Waals surface area contributed by atoms with Gasteiger partial charge in [-0.1, -0.05) is 56.3 Å². The first kappa shape index (κ1) is 26.2. The van der Waals surface area contributed by atoms with Gasteiger partial charge in [0.15, 0.2) is 0 Å². The number of amides is 1. The zero-order chi connectivity index (χ0) is 24.9. The van der Waals surface area contributed by atoms with Gasteiger partial charge in [0, 0.05) is 51.7 Å². The summed E-state index contributed by atoms with van der Waals surface area (Å²) in [5, 5.41) is 0. The second-order valence-electron chi connectivity index (χ2n) is 9.55. The van der Waals surface area contributed by atoms with Gasteiger partial charge in [0.2, 0.25) is 5.91 Å². The molecule has 0 saturated carbocycles. The van der Waals surface area contributed by atoms with Crippen LogP contribution in [-0.4, -0.2) is 55.6 Å². The van der Waals surface area contributed by atoms with Crippen LogP contribution in [0.5, 0.6) is 0 Å². The highest BCUT2D eigenvalue weighted by Gasteiger charge is 2.37. The van der Waals surface area contributed by atoms with Crippen molar-refractivity contribution in [2.75, 3.05) is 39.9 Å². The first-order chi connectivity index (χ1) is 16.1. The van der Waals surface area contributed by atoms with E-state index in [9.17, 15) is 18.0 Å². The molecular weight excluding hydrogens is 441 g/mol. The molecule has 0 radical (unpaired) electrons. The van der Waals surface area contributed by atoms with Crippen LogP contribution in [0.1, 0.15) is 42.0 Å². The zero-order valence-electron chi connectivity index (χ0n) is 20.4. The summed E-state index contributed by atoms with van der Waals surface area (Å²) in [4.78, 5) is 17.0. The van der Waals surface area contributed by atoms with Crippen LogP contribution in [0.2, 0.25) is 0 Å². The molecule has 0 bridgehead atoms. The number of hydrogen-bond donors (Lipinski definition) is 0. The Morgan fingerprint density at radius 1 is 1.15 bits per heavy atom. The van der Waals surface area contributed by atoms with Gasteiger partial charge in [-0.05, 0) is 35.6 Å². The smallest absolute Gasteiger partial charge is 0.383 e. The number of rotatable bonds is 9. The van der Waals surface area contributed by atoms with Crippen molar-refractivity contribution in [1.82, 2.24) is 9.80 Å². The number of likely N-dealkylation sites (tertiary alicyclic amines) is 1. The molecule has 2 aromatic carbocycles. The molecule has 1 amide bonds. The van der Waals surface area contributed by atoms with Crippen molar-refractivity contribution < 1.29 is 22.7 Å². The van der Waals surface area contributed by atoms with Crippen molar-refractivity contribution in [2.24, 2.45) is 11.8 Å². The molecule has 0 spiro atoms. The summed E-state index contributed by atoms with van der Waals surface area (Å²) in [6.45, 7) is 9.36. The number of aryl methyl sites for hydroxylation is 1. The van der Waals surface area contributed by atoms with Gasteiger partial charge in [-0.15, -0.1) is 0 Å². The number of nitrogens with zero attached hydrogens (tertiary/aromatic N) is 2. The maximum absolute atomic E-state index is 13.2. The lowest BCUT2D eigenvalue weighted by Crippen LogP contribution is -2.41. The van der Waals surface area contributed by atoms with E-state index in [1.165, 1.54) is 23.3 Å². The maximum Gasteiger partial charge on any atom is 0.416 e. The van der Waals surface area contributed by atoms with Gasteiger partial charge >= 0.3 is 6.18 Å². The van der Waals surface area contributed by atoms with Crippen molar-refractivity contribution in [2.45, 2.75) is 39.4 Å². The Morgan fingerprint density at radius 2 is 1.88 bits per heavy atom. The lowest BCUT2D eigenvalue weighted by molar-refractivity contribution is -0.137. The second kappa shape index (κ2) is 11.4. The normalized spacial score (nSPS) is 19.1. The van der Waals surface area contributed by atoms with Crippen LogP contribution in [0.3, 0.4) is 0 Å². The van der Waals surface area contributed by atoms with E-state index in [1.54, 1.807) is 13.2 Å². The average molecular weight is 477 g/mol. The summed E-state index contributed by atoms with van der Waals surface area (Å²) < 4.78 is 44.8. The summed E-state index contributed by atoms with van der Waals surface area (Å²) in [5.41, 5.74) is 2.46. The number of halogens is 3. The molecule has 2 atom stereocenters. The Morgan fingerprint density at radius 3 is 2.53 bits per heavy atom. The number of carbonyl (C=O) groups excluding carboxylic acids is 1. The number of benzene rings is 2. The van der Waals surface area contributed by atoms with Crippen molar-refractivity contribution in [3.8, 4) is 0 Å². The SMILES string of the molecule is COCCN(CC1CN(Cc2cccc(C(F)(F)F)c2)CC1c1ccccc1C)C(=O)C(C)C. The molecule has 186 valence electrons. The molecule has 2 aromatic rings.